The van der Waals surface area contributed by atoms with E-state index in [1.807, 2.05) is 46.6 Å². The van der Waals surface area contributed by atoms with Gasteiger partial charge in [0.05, 0.1) is 44.2 Å². The second-order valence-corrected chi connectivity index (χ2v) is 12.4. The Morgan fingerprint density at radius 3 is 2.47 bits per heavy atom. The molecule has 1 aliphatic rings. The van der Waals surface area contributed by atoms with Gasteiger partial charge in [-0.15, -0.1) is 11.3 Å². The van der Waals surface area contributed by atoms with E-state index in [4.69, 9.17) is 27.9 Å². The summed E-state index contributed by atoms with van der Waals surface area (Å²) in [5, 5.41) is 3.46. The normalized spacial score (nSPS) is 13.5. The van der Waals surface area contributed by atoms with Gasteiger partial charge < -0.3 is 19.9 Å². The number of anilines is 2. The van der Waals surface area contributed by atoms with Crippen molar-refractivity contribution >= 4 is 67.9 Å². The largest absolute Gasteiger partial charge is 0.439 e. The van der Waals surface area contributed by atoms with E-state index in [1.165, 1.54) is 22.5 Å². The minimum Gasteiger partial charge on any atom is -0.439 e. The number of halogens is 2. The molecule has 2 aromatic heterocycles. The van der Waals surface area contributed by atoms with Crippen molar-refractivity contribution in [2.45, 2.75) is 6.54 Å². The average Bonchev–Trinajstić information content (AvgIpc) is 3.52. The summed E-state index contributed by atoms with van der Waals surface area (Å²) in [6.45, 7) is 4.29. The Kier molecular flexibility index (Phi) is 9.46. The van der Waals surface area contributed by atoms with Crippen LogP contribution in [0.3, 0.4) is 0 Å². The smallest absolute Gasteiger partial charge is 0.255 e. The Morgan fingerprint density at radius 2 is 1.73 bits per heavy atom. The third kappa shape index (κ3) is 7.72. The molecular weight excluding hydrogens is 631 g/mol. The highest BCUT2D eigenvalue weighted by atomic mass is 35.5. The van der Waals surface area contributed by atoms with Crippen LogP contribution < -0.4 is 15.0 Å². The highest BCUT2D eigenvalue weighted by Crippen LogP contribution is 2.26. The molecule has 0 radical (unpaired) electrons. The summed E-state index contributed by atoms with van der Waals surface area (Å²) in [4.78, 5) is 40.5. The molecule has 230 valence electrons. The maximum Gasteiger partial charge on any atom is 0.255 e. The first-order chi connectivity index (χ1) is 21.8. The number of amides is 2. The molecule has 2 amide bonds. The lowest BCUT2D eigenvalue weighted by atomic mass is 10.2. The molecule has 1 aliphatic heterocycles. The molecule has 0 aliphatic carbocycles. The number of rotatable bonds is 9. The second kappa shape index (κ2) is 13.8. The molecule has 9 nitrogen and oxygen atoms in total. The monoisotopic (exact) mass is 660 g/mol. The maximum atomic E-state index is 13.1. The summed E-state index contributed by atoms with van der Waals surface area (Å²) in [6.07, 6.45) is 1.51. The first-order valence-corrected chi connectivity index (χ1v) is 16.0. The van der Waals surface area contributed by atoms with Crippen LogP contribution in [0.2, 0.25) is 10.0 Å². The Labute approximate surface area is 275 Å². The molecule has 3 heterocycles. The van der Waals surface area contributed by atoms with E-state index in [1.54, 1.807) is 35.6 Å². The van der Waals surface area contributed by atoms with Crippen molar-refractivity contribution in [1.82, 2.24) is 19.8 Å². The van der Waals surface area contributed by atoms with Crippen LogP contribution in [0.25, 0.3) is 10.2 Å². The number of thiazole rings is 1. The molecule has 0 saturated carbocycles. The summed E-state index contributed by atoms with van der Waals surface area (Å²) >= 11 is 13.6. The minimum atomic E-state index is -0.328. The average molecular weight is 662 g/mol. The Bertz CT molecular complexity index is 1810. The van der Waals surface area contributed by atoms with Gasteiger partial charge in [-0.05, 0) is 66.2 Å². The maximum absolute atomic E-state index is 13.1. The molecule has 0 atom stereocenters. The molecule has 0 bridgehead atoms. The number of pyridine rings is 1. The zero-order valence-corrected chi connectivity index (χ0v) is 26.8. The lowest BCUT2D eigenvalue weighted by molar-refractivity contribution is -0.131. The third-order valence-corrected chi connectivity index (χ3v) is 9.11. The number of fused-ring (bicyclic) bond motifs is 1. The number of aromatic nitrogens is 2. The summed E-state index contributed by atoms with van der Waals surface area (Å²) in [7, 11) is 1.91. The number of benzene rings is 3. The number of likely N-dealkylation sites (N-methyl/N-ethyl adjacent to an activating group) is 1. The highest BCUT2D eigenvalue weighted by Gasteiger charge is 2.22. The van der Waals surface area contributed by atoms with Gasteiger partial charge in [0.2, 0.25) is 11.8 Å². The van der Waals surface area contributed by atoms with Crippen molar-refractivity contribution < 1.29 is 14.3 Å². The fraction of sp³-hybridized carbons (Fsp3) is 0.212. The molecule has 3 aromatic carbocycles. The van der Waals surface area contributed by atoms with E-state index in [0.29, 0.717) is 52.6 Å². The molecular formula is C33H30Cl2N6O3S. The van der Waals surface area contributed by atoms with Crippen LogP contribution in [0, 0.1) is 0 Å². The van der Waals surface area contributed by atoms with Gasteiger partial charge in [0.25, 0.3) is 5.91 Å². The molecule has 1 saturated heterocycles. The van der Waals surface area contributed by atoms with E-state index in [-0.39, 0.29) is 11.8 Å². The number of carbonyl (C=O) groups excluding carboxylic acids is 2. The SMILES string of the molecule is CN(CC(=O)N1CCN(Cc2ccc3ncsc3c2)CC1)c1ccc(Oc2ccc(NC(=O)c3ccc(Cl)c(Cl)c3)cn2)cc1. The van der Waals surface area contributed by atoms with E-state index >= 15 is 0 Å². The Balaban J connectivity index is 0.955. The van der Waals surface area contributed by atoms with Gasteiger partial charge in [0.1, 0.15) is 5.75 Å². The third-order valence-electron chi connectivity index (χ3n) is 7.58. The minimum absolute atomic E-state index is 0.110. The van der Waals surface area contributed by atoms with Gasteiger partial charge in [-0.2, -0.15) is 0 Å². The topological polar surface area (TPSA) is 90.9 Å². The van der Waals surface area contributed by atoms with Crippen LogP contribution in [0.1, 0.15) is 15.9 Å². The zero-order valence-electron chi connectivity index (χ0n) is 24.5. The summed E-state index contributed by atoms with van der Waals surface area (Å²) in [5.41, 5.74) is 5.99. The second-order valence-electron chi connectivity index (χ2n) is 10.7. The quantitative estimate of drug-likeness (QED) is 0.185. The lowest BCUT2D eigenvalue weighted by Crippen LogP contribution is -2.50. The number of nitrogens with zero attached hydrogens (tertiary/aromatic N) is 5. The Morgan fingerprint density at radius 1 is 0.933 bits per heavy atom. The first kappa shape index (κ1) is 30.8. The predicted molar refractivity (Wildman–Crippen MR) is 180 cm³/mol. The fourth-order valence-corrected chi connectivity index (χ4v) is 6.09. The molecule has 0 unspecified atom stereocenters. The van der Waals surface area contributed by atoms with Crippen molar-refractivity contribution in [2.75, 3.05) is 50.0 Å². The van der Waals surface area contributed by atoms with Gasteiger partial charge in [-0.1, -0.05) is 29.3 Å². The van der Waals surface area contributed by atoms with Crippen molar-refractivity contribution in [2.24, 2.45) is 0 Å². The van der Waals surface area contributed by atoms with Gasteiger partial charge in [-0.25, -0.2) is 9.97 Å². The Hall–Kier alpha value is -4.22. The fourth-order valence-electron chi connectivity index (χ4n) is 5.05. The standard InChI is InChI=1S/C33H30Cl2N6O3S/c1-39(20-32(42)41-14-12-40(13-15-41)19-22-2-10-29-30(16-22)45-21-37-29)25-5-7-26(8-6-25)44-31-11-4-24(18-36-31)38-33(43)23-3-9-27(34)28(35)17-23/h2-11,16-18,21H,12-15,19-20H2,1H3,(H,38,43). The number of hydrogen-bond donors (Lipinski definition) is 1. The number of nitrogens with one attached hydrogen (secondary N) is 1. The summed E-state index contributed by atoms with van der Waals surface area (Å²) < 4.78 is 7.08. The van der Waals surface area contributed by atoms with Crippen LogP contribution in [-0.2, 0) is 11.3 Å². The van der Waals surface area contributed by atoms with Crippen LogP contribution in [0.4, 0.5) is 11.4 Å². The highest BCUT2D eigenvalue weighted by molar-refractivity contribution is 7.16. The van der Waals surface area contributed by atoms with E-state index < -0.39 is 0 Å². The van der Waals surface area contributed by atoms with Gasteiger partial charge in [0.15, 0.2) is 0 Å². The van der Waals surface area contributed by atoms with Crippen LogP contribution >= 0.6 is 34.5 Å². The van der Waals surface area contributed by atoms with Crippen molar-refractivity contribution in [1.29, 1.82) is 0 Å². The van der Waals surface area contributed by atoms with Gasteiger partial charge in [-0.3, -0.25) is 14.5 Å². The summed E-state index contributed by atoms with van der Waals surface area (Å²) in [6, 6.07) is 22.0. The van der Waals surface area contributed by atoms with E-state index in [9.17, 15) is 9.59 Å². The molecule has 1 fully saturated rings. The van der Waals surface area contributed by atoms with Crippen LogP contribution in [0.15, 0.2) is 84.5 Å². The van der Waals surface area contributed by atoms with Gasteiger partial charge >= 0.3 is 0 Å². The van der Waals surface area contributed by atoms with Crippen LogP contribution in [0.5, 0.6) is 11.6 Å². The molecule has 5 aromatic rings. The number of carbonyl (C=O) groups is 2. The predicted octanol–water partition coefficient (Wildman–Crippen LogP) is 6.82. The summed E-state index contributed by atoms with van der Waals surface area (Å²) in [5.74, 6) is 0.760. The molecule has 6 rings (SSSR count). The lowest BCUT2D eigenvalue weighted by Gasteiger charge is -2.35. The zero-order chi connectivity index (χ0) is 31.3. The molecule has 1 N–H and O–H groups in total. The number of piperazine rings is 1. The van der Waals surface area contributed by atoms with Crippen molar-refractivity contribution in [3.05, 3.63) is 106 Å². The first-order valence-electron chi connectivity index (χ1n) is 14.3. The number of hydrogen-bond acceptors (Lipinski definition) is 8. The van der Waals surface area contributed by atoms with E-state index in [0.717, 1.165) is 30.8 Å². The molecule has 12 heteroatoms. The number of ether oxygens (including phenoxy) is 1. The van der Waals surface area contributed by atoms with Crippen molar-refractivity contribution in [3.8, 4) is 11.6 Å². The van der Waals surface area contributed by atoms with Gasteiger partial charge in [0, 0.05) is 57.1 Å². The molecule has 45 heavy (non-hydrogen) atoms. The van der Waals surface area contributed by atoms with Crippen molar-refractivity contribution in [3.63, 3.8) is 0 Å². The van der Waals surface area contributed by atoms with Crippen LogP contribution in [-0.4, -0.2) is 71.4 Å². The molecule has 0 spiro atoms. The van der Waals surface area contributed by atoms with E-state index in [2.05, 4.69) is 38.4 Å².